The number of nitrogens with zero attached hydrogens (tertiary/aromatic N) is 2. The molecule has 0 bridgehead atoms. The van der Waals surface area contributed by atoms with Crippen molar-refractivity contribution in [2.45, 2.75) is 37.1 Å². The lowest BCUT2D eigenvalue weighted by Gasteiger charge is -2.31. The van der Waals surface area contributed by atoms with E-state index < -0.39 is 10.0 Å². The number of amides is 1. The molecule has 34 heavy (non-hydrogen) atoms. The number of carbonyl (C=O) groups is 1. The van der Waals surface area contributed by atoms with Crippen LogP contribution in [-0.2, 0) is 21.4 Å². The van der Waals surface area contributed by atoms with E-state index in [4.69, 9.17) is 16.3 Å². The molecule has 0 aliphatic carbocycles. The SMILES string of the molecule is COc1ccc(S(=O)(=O)N2CCCC2)cc1NC(=O)C1CCN(Cc2ccc(Cl)cc2F)CC1. The van der Waals surface area contributed by atoms with Gasteiger partial charge >= 0.3 is 0 Å². The molecule has 2 aromatic carbocycles. The van der Waals surface area contributed by atoms with Gasteiger partial charge in [0.25, 0.3) is 0 Å². The molecule has 0 aromatic heterocycles. The number of hydrogen-bond acceptors (Lipinski definition) is 5. The highest BCUT2D eigenvalue weighted by Crippen LogP contribution is 2.31. The van der Waals surface area contributed by atoms with Crippen molar-refractivity contribution in [2.75, 3.05) is 38.6 Å². The Morgan fingerprint density at radius 1 is 1.12 bits per heavy atom. The molecular formula is C24H29ClFN3O4S. The maximum atomic E-state index is 14.1. The maximum absolute atomic E-state index is 14.1. The monoisotopic (exact) mass is 509 g/mol. The van der Waals surface area contributed by atoms with Crippen molar-refractivity contribution in [3.8, 4) is 5.75 Å². The number of hydrogen-bond donors (Lipinski definition) is 1. The normalized spacial score (nSPS) is 18.2. The van der Waals surface area contributed by atoms with E-state index >= 15 is 0 Å². The maximum Gasteiger partial charge on any atom is 0.243 e. The van der Waals surface area contributed by atoms with Crippen molar-refractivity contribution >= 4 is 33.2 Å². The Morgan fingerprint density at radius 2 is 1.82 bits per heavy atom. The molecule has 0 unspecified atom stereocenters. The Hall–Kier alpha value is -2.20. The number of methoxy groups -OCH3 is 1. The standard InChI is InChI=1S/C24H29ClFN3O4S/c1-33-23-7-6-20(34(31,32)29-10-2-3-11-29)15-22(23)27-24(30)17-8-12-28(13-9-17)16-18-4-5-19(25)14-21(18)26/h4-7,14-15,17H,2-3,8-13,16H2,1H3,(H,27,30). The highest BCUT2D eigenvalue weighted by atomic mass is 35.5. The second-order valence-electron chi connectivity index (χ2n) is 8.75. The molecule has 0 spiro atoms. The first-order valence-electron chi connectivity index (χ1n) is 11.4. The molecule has 2 fully saturated rings. The molecule has 7 nitrogen and oxygen atoms in total. The average molecular weight is 510 g/mol. The predicted octanol–water partition coefficient (Wildman–Crippen LogP) is 4.12. The van der Waals surface area contributed by atoms with Crippen LogP contribution in [0.1, 0.15) is 31.2 Å². The average Bonchev–Trinajstić information content (AvgIpc) is 3.37. The van der Waals surface area contributed by atoms with E-state index in [2.05, 4.69) is 10.2 Å². The zero-order chi connectivity index (χ0) is 24.3. The summed E-state index contributed by atoms with van der Waals surface area (Å²) < 4.78 is 46.8. The lowest BCUT2D eigenvalue weighted by molar-refractivity contribution is -0.121. The Kier molecular flexibility index (Phi) is 7.77. The Morgan fingerprint density at radius 3 is 2.47 bits per heavy atom. The van der Waals surface area contributed by atoms with Gasteiger partial charge in [-0.25, -0.2) is 12.8 Å². The minimum Gasteiger partial charge on any atom is -0.495 e. The Bertz CT molecular complexity index is 1150. The van der Waals surface area contributed by atoms with Crippen LogP contribution in [-0.4, -0.2) is 56.8 Å². The van der Waals surface area contributed by atoms with Crippen LogP contribution < -0.4 is 10.1 Å². The van der Waals surface area contributed by atoms with Crippen LogP contribution in [0, 0.1) is 11.7 Å². The number of nitrogens with one attached hydrogen (secondary N) is 1. The number of likely N-dealkylation sites (tertiary alicyclic amines) is 1. The van der Waals surface area contributed by atoms with Gasteiger partial charge < -0.3 is 10.1 Å². The van der Waals surface area contributed by atoms with Crippen LogP contribution in [0.2, 0.25) is 5.02 Å². The minimum atomic E-state index is -3.61. The topological polar surface area (TPSA) is 79.0 Å². The van der Waals surface area contributed by atoms with E-state index in [1.54, 1.807) is 18.2 Å². The largest absolute Gasteiger partial charge is 0.495 e. The summed E-state index contributed by atoms with van der Waals surface area (Å²) in [4.78, 5) is 15.2. The molecule has 2 aromatic rings. The van der Waals surface area contributed by atoms with Gasteiger partial charge in [-0.15, -0.1) is 0 Å². The first-order chi connectivity index (χ1) is 16.3. The van der Waals surface area contributed by atoms with Gasteiger partial charge in [-0.1, -0.05) is 17.7 Å². The molecule has 2 aliphatic rings. The van der Waals surface area contributed by atoms with Crippen LogP contribution in [0.5, 0.6) is 5.75 Å². The third-order valence-corrected chi connectivity index (χ3v) is 8.63. The predicted molar refractivity (Wildman–Crippen MR) is 129 cm³/mol. The van der Waals surface area contributed by atoms with Crippen molar-refractivity contribution in [2.24, 2.45) is 5.92 Å². The van der Waals surface area contributed by atoms with Crippen LogP contribution >= 0.6 is 11.6 Å². The summed E-state index contributed by atoms with van der Waals surface area (Å²) in [5, 5.41) is 3.24. The lowest BCUT2D eigenvalue weighted by atomic mass is 9.95. The summed E-state index contributed by atoms with van der Waals surface area (Å²) in [6, 6.07) is 9.22. The summed E-state index contributed by atoms with van der Waals surface area (Å²) in [6.45, 7) is 2.78. The zero-order valence-electron chi connectivity index (χ0n) is 19.1. The van der Waals surface area contributed by atoms with E-state index in [1.807, 2.05) is 0 Å². The molecule has 0 atom stereocenters. The molecule has 2 aliphatic heterocycles. The Balaban J connectivity index is 1.39. The quantitative estimate of drug-likeness (QED) is 0.607. The van der Waals surface area contributed by atoms with Crippen LogP contribution in [0.25, 0.3) is 0 Å². The fraction of sp³-hybridized carbons (Fsp3) is 0.458. The fourth-order valence-electron chi connectivity index (χ4n) is 4.50. The fourth-order valence-corrected chi connectivity index (χ4v) is 6.20. The number of halogens is 2. The molecule has 0 radical (unpaired) electrons. The third-order valence-electron chi connectivity index (χ3n) is 6.50. The van der Waals surface area contributed by atoms with Crippen LogP contribution in [0.4, 0.5) is 10.1 Å². The molecule has 10 heteroatoms. The molecular weight excluding hydrogens is 481 g/mol. The van der Waals surface area contributed by atoms with Gasteiger partial charge in [-0.2, -0.15) is 4.31 Å². The number of sulfonamides is 1. The lowest BCUT2D eigenvalue weighted by Crippen LogP contribution is -2.38. The van der Waals surface area contributed by atoms with E-state index in [-0.39, 0.29) is 22.5 Å². The van der Waals surface area contributed by atoms with Crippen LogP contribution in [0.15, 0.2) is 41.3 Å². The summed E-state index contributed by atoms with van der Waals surface area (Å²) >= 11 is 5.83. The molecule has 4 rings (SSSR count). The highest BCUT2D eigenvalue weighted by Gasteiger charge is 2.29. The first kappa shape index (κ1) is 24.9. The van der Waals surface area contributed by atoms with Gasteiger partial charge in [-0.3, -0.25) is 9.69 Å². The molecule has 2 saturated heterocycles. The minimum absolute atomic E-state index is 0.144. The van der Waals surface area contributed by atoms with Gasteiger partial charge in [-0.05, 0) is 69.1 Å². The van der Waals surface area contributed by atoms with Gasteiger partial charge in [0.1, 0.15) is 11.6 Å². The number of ether oxygens (including phenoxy) is 1. The van der Waals surface area contributed by atoms with Crippen molar-refractivity contribution < 1.29 is 22.3 Å². The number of piperidine rings is 1. The summed E-state index contributed by atoms with van der Waals surface area (Å²) in [5.74, 6) is -0.325. The number of rotatable bonds is 7. The summed E-state index contributed by atoms with van der Waals surface area (Å²) in [6.07, 6.45) is 2.94. The van der Waals surface area contributed by atoms with Gasteiger partial charge in [0, 0.05) is 36.1 Å². The van der Waals surface area contributed by atoms with Crippen molar-refractivity contribution in [1.82, 2.24) is 9.21 Å². The molecule has 2 heterocycles. The molecule has 1 amide bonds. The van der Waals surface area contributed by atoms with E-state index in [9.17, 15) is 17.6 Å². The van der Waals surface area contributed by atoms with E-state index in [0.29, 0.717) is 67.6 Å². The van der Waals surface area contributed by atoms with Gasteiger partial charge in [0.15, 0.2) is 0 Å². The van der Waals surface area contributed by atoms with Crippen molar-refractivity contribution in [1.29, 1.82) is 0 Å². The molecule has 1 N–H and O–H groups in total. The van der Waals surface area contributed by atoms with Crippen LogP contribution in [0.3, 0.4) is 0 Å². The second kappa shape index (κ2) is 10.6. The van der Waals surface area contributed by atoms with Crippen molar-refractivity contribution in [3.05, 3.63) is 52.8 Å². The van der Waals surface area contributed by atoms with Gasteiger partial charge in [0.05, 0.1) is 17.7 Å². The summed E-state index contributed by atoms with van der Waals surface area (Å²) in [5.41, 5.74) is 0.923. The zero-order valence-corrected chi connectivity index (χ0v) is 20.7. The molecule has 184 valence electrons. The highest BCUT2D eigenvalue weighted by molar-refractivity contribution is 7.89. The van der Waals surface area contributed by atoms with E-state index in [1.165, 1.54) is 29.6 Å². The Labute approximate surface area is 204 Å². The summed E-state index contributed by atoms with van der Waals surface area (Å²) in [7, 11) is -2.13. The second-order valence-corrected chi connectivity index (χ2v) is 11.1. The number of anilines is 1. The molecule has 0 saturated carbocycles. The first-order valence-corrected chi connectivity index (χ1v) is 13.2. The van der Waals surface area contributed by atoms with E-state index in [0.717, 1.165) is 12.8 Å². The van der Waals surface area contributed by atoms with Gasteiger partial charge in [0.2, 0.25) is 15.9 Å². The smallest absolute Gasteiger partial charge is 0.243 e. The number of carbonyl (C=O) groups excluding carboxylic acids is 1. The number of benzene rings is 2. The van der Waals surface area contributed by atoms with Crippen molar-refractivity contribution in [3.63, 3.8) is 0 Å². The third kappa shape index (κ3) is 5.54.